The Kier molecular flexibility index (Phi) is 5.27. The molecule has 0 aliphatic rings. The monoisotopic (exact) mass is 251 g/mol. The molecule has 0 bridgehead atoms. The van der Waals surface area contributed by atoms with Crippen LogP contribution in [0.15, 0.2) is 12.4 Å². The molecule has 17 heavy (non-hydrogen) atoms. The minimum Gasteiger partial charge on any atom is -0.383 e. The fourth-order valence-electron chi connectivity index (χ4n) is 1.34. The average Bonchev–Trinajstić information content (AvgIpc) is 2.67. The summed E-state index contributed by atoms with van der Waals surface area (Å²) in [6.07, 6.45) is -1.47. The van der Waals surface area contributed by atoms with Crippen LogP contribution in [0.5, 0.6) is 0 Å². The molecule has 7 heteroatoms. The lowest BCUT2D eigenvalue weighted by molar-refractivity contribution is -0.134. The van der Waals surface area contributed by atoms with Gasteiger partial charge in [0.25, 0.3) is 0 Å². The topological polar surface area (TPSA) is 39.1 Å². The van der Waals surface area contributed by atoms with Gasteiger partial charge in [-0.15, -0.1) is 0 Å². The molecule has 1 heterocycles. The summed E-state index contributed by atoms with van der Waals surface area (Å²) in [5.74, 6) is 0.573. The minimum absolute atomic E-state index is 0.0423. The lowest BCUT2D eigenvalue weighted by Gasteiger charge is -2.10. The van der Waals surface area contributed by atoms with Gasteiger partial charge in [0.2, 0.25) is 5.95 Å². The van der Waals surface area contributed by atoms with Gasteiger partial charge in [0, 0.05) is 39.0 Å². The Bertz CT molecular complexity index is 325. The van der Waals surface area contributed by atoms with Crippen molar-refractivity contribution in [1.29, 1.82) is 0 Å². The van der Waals surface area contributed by atoms with Gasteiger partial charge in [-0.2, -0.15) is 13.2 Å². The first-order valence-corrected chi connectivity index (χ1v) is 5.33. The highest BCUT2D eigenvalue weighted by Gasteiger charge is 2.25. The first kappa shape index (κ1) is 13.8. The molecule has 4 nitrogen and oxygen atoms in total. The van der Waals surface area contributed by atoms with Crippen LogP contribution in [0.2, 0.25) is 0 Å². The lowest BCUT2D eigenvalue weighted by atomic mass is 10.3. The van der Waals surface area contributed by atoms with Crippen molar-refractivity contribution in [1.82, 2.24) is 9.55 Å². The molecule has 0 atom stereocenters. The van der Waals surface area contributed by atoms with Gasteiger partial charge in [0.1, 0.15) is 0 Å². The number of ether oxygens (including phenoxy) is 1. The standard InChI is InChI=1S/C10H16F3N3O/c1-17-8-7-16-6-5-15-9(16)14-4-2-3-10(11,12)13/h5-6H,2-4,7-8H2,1H3,(H,14,15). The third-order valence-corrected chi connectivity index (χ3v) is 2.17. The van der Waals surface area contributed by atoms with Crippen LogP contribution < -0.4 is 5.32 Å². The van der Waals surface area contributed by atoms with Gasteiger partial charge < -0.3 is 14.6 Å². The molecule has 0 saturated carbocycles. The van der Waals surface area contributed by atoms with Crippen LogP contribution in [-0.2, 0) is 11.3 Å². The van der Waals surface area contributed by atoms with Crippen molar-refractivity contribution >= 4 is 5.95 Å². The number of aromatic nitrogens is 2. The highest BCUT2D eigenvalue weighted by atomic mass is 19.4. The molecule has 98 valence electrons. The zero-order valence-electron chi connectivity index (χ0n) is 9.63. The maximum absolute atomic E-state index is 11.9. The molecule has 0 aliphatic heterocycles. The van der Waals surface area contributed by atoms with Gasteiger partial charge in [-0.3, -0.25) is 0 Å². The van der Waals surface area contributed by atoms with Crippen molar-refractivity contribution in [3.8, 4) is 0 Å². The van der Waals surface area contributed by atoms with Crippen LogP contribution in [0, 0.1) is 0 Å². The second kappa shape index (κ2) is 6.48. The molecule has 0 spiro atoms. The second-order valence-electron chi connectivity index (χ2n) is 3.58. The summed E-state index contributed by atoms with van der Waals surface area (Å²) in [4.78, 5) is 4.02. The molecule has 0 amide bonds. The van der Waals surface area contributed by atoms with E-state index in [1.54, 1.807) is 24.1 Å². The molecule has 1 aromatic rings. The number of anilines is 1. The maximum atomic E-state index is 11.9. The fourth-order valence-corrected chi connectivity index (χ4v) is 1.34. The molecule has 0 saturated heterocycles. The summed E-state index contributed by atoms with van der Waals surface area (Å²) < 4.78 is 42.4. The van der Waals surface area contributed by atoms with Crippen molar-refractivity contribution < 1.29 is 17.9 Å². The van der Waals surface area contributed by atoms with Crippen molar-refractivity contribution in [2.75, 3.05) is 25.6 Å². The quantitative estimate of drug-likeness (QED) is 0.756. The van der Waals surface area contributed by atoms with Crippen LogP contribution in [0.4, 0.5) is 19.1 Å². The Morgan fingerprint density at radius 1 is 1.47 bits per heavy atom. The summed E-state index contributed by atoms with van der Waals surface area (Å²) in [6.45, 7) is 1.41. The largest absolute Gasteiger partial charge is 0.389 e. The Morgan fingerprint density at radius 2 is 2.24 bits per heavy atom. The van der Waals surface area contributed by atoms with E-state index >= 15 is 0 Å². The van der Waals surface area contributed by atoms with Crippen LogP contribution in [0.25, 0.3) is 0 Å². The molecule has 0 aromatic carbocycles. The van der Waals surface area contributed by atoms with Crippen molar-refractivity contribution in [2.45, 2.75) is 25.6 Å². The van der Waals surface area contributed by atoms with Crippen LogP contribution >= 0.6 is 0 Å². The van der Waals surface area contributed by atoms with Crippen molar-refractivity contribution in [2.24, 2.45) is 0 Å². The molecule has 0 fully saturated rings. The van der Waals surface area contributed by atoms with E-state index in [0.29, 0.717) is 19.1 Å². The van der Waals surface area contributed by atoms with Crippen LogP contribution in [0.1, 0.15) is 12.8 Å². The van der Waals surface area contributed by atoms with Gasteiger partial charge in [-0.1, -0.05) is 0 Å². The molecular formula is C10H16F3N3O. The lowest BCUT2D eigenvalue weighted by Crippen LogP contribution is -2.14. The summed E-state index contributed by atoms with van der Waals surface area (Å²) in [5, 5.41) is 2.87. The number of alkyl halides is 3. The number of halogens is 3. The van der Waals surface area contributed by atoms with Gasteiger partial charge >= 0.3 is 6.18 Å². The summed E-state index contributed by atoms with van der Waals surface area (Å²) >= 11 is 0. The summed E-state index contributed by atoms with van der Waals surface area (Å²) in [7, 11) is 1.59. The van der Waals surface area contributed by atoms with Crippen LogP contribution in [0.3, 0.4) is 0 Å². The highest BCUT2D eigenvalue weighted by Crippen LogP contribution is 2.21. The van der Waals surface area contributed by atoms with Crippen molar-refractivity contribution in [3.05, 3.63) is 12.4 Å². The second-order valence-corrected chi connectivity index (χ2v) is 3.58. The summed E-state index contributed by atoms with van der Waals surface area (Å²) in [5.41, 5.74) is 0. The first-order valence-electron chi connectivity index (χ1n) is 5.33. The number of hydrogen-bond donors (Lipinski definition) is 1. The number of hydrogen-bond acceptors (Lipinski definition) is 3. The molecule has 1 aromatic heterocycles. The number of imidazole rings is 1. The molecule has 0 radical (unpaired) electrons. The van der Waals surface area contributed by atoms with Crippen LogP contribution in [-0.4, -0.2) is 36.0 Å². The van der Waals surface area contributed by atoms with Crippen molar-refractivity contribution in [3.63, 3.8) is 0 Å². The van der Waals surface area contributed by atoms with E-state index in [2.05, 4.69) is 10.3 Å². The number of nitrogens with zero attached hydrogens (tertiary/aromatic N) is 2. The zero-order chi connectivity index (χ0) is 12.7. The predicted molar refractivity (Wildman–Crippen MR) is 57.9 cm³/mol. The molecule has 0 unspecified atom stereocenters. The van der Waals surface area contributed by atoms with E-state index in [4.69, 9.17) is 4.74 Å². The number of nitrogens with one attached hydrogen (secondary N) is 1. The minimum atomic E-state index is -4.09. The Hall–Kier alpha value is -1.24. The van der Waals surface area contributed by atoms with Gasteiger partial charge in [-0.25, -0.2) is 4.98 Å². The number of rotatable bonds is 7. The molecule has 0 aliphatic carbocycles. The Balaban J connectivity index is 2.29. The van der Waals surface area contributed by atoms with E-state index in [1.807, 2.05) is 0 Å². The number of methoxy groups -OCH3 is 1. The smallest absolute Gasteiger partial charge is 0.383 e. The first-order chi connectivity index (χ1) is 8.03. The van der Waals surface area contributed by atoms with Gasteiger partial charge in [0.15, 0.2) is 0 Å². The van der Waals surface area contributed by atoms with E-state index < -0.39 is 12.6 Å². The SMILES string of the molecule is COCCn1ccnc1NCCCC(F)(F)F. The van der Waals surface area contributed by atoms with E-state index in [-0.39, 0.29) is 13.0 Å². The molecule has 1 rings (SSSR count). The predicted octanol–water partition coefficient (Wildman–Crippen LogP) is 2.28. The van der Waals surface area contributed by atoms with E-state index in [0.717, 1.165) is 0 Å². The highest BCUT2D eigenvalue weighted by molar-refractivity contribution is 5.25. The van der Waals surface area contributed by atoms with E-state index in [1.165, 1.54) is 0 Å². The van der Waals surface area contributed by atoms with E-state index in [9.17, 15) is 13.2 Å². The maximum Gasteiger partial charge on any atom is 0.389 e. The third kappa shape index (κ3) is 5.58. The summed E-state index contributed by atoms with van der Waals surface area (Å²) in [6, 6.07) is 0. The Labute approximate surface area is 97.8 Å². The fraction of sp³-hybridized carbons (Fsp3) is 0.700. The van der Waals surface area contributed by atoms with Gasteiger partial charge in [-0.05, 0) is 6.42 Å². The zero-order valence-corrected chi connectivity index (χ0v) is 9.63. The normalized spacial score (nSPS) is 11.8. The van der Waals surface area contributed by atoms with Gasteiger partial charge in [0.05, 0.1) is 6.61 Å². The third-order valence-electron chi connectivity index (χ3n) is 2.17. The molecular weight excluding hydrogens is 235 g/mol. The Morgan fingerprint density at radius 3 is 2.88 bits per heavy atom. The molecule has 1 N–H and O–H groups in total. The average molecular weight is 251 g/mol.